The van der Waals surface area contributed by atoms with E-state index in [1.54, 1.807) is 0 Å². The van der Waals surface area contributed by atoms with E-state index in [9.17, 15) is 13.2 Å². The standard InChI is InChI=1S/C12H13Cl2NO4S/c13-9-5-4-7(6-10(9)14)20(18,19)15-11-3-1-2-8(11)12(16)17/h4-6,8,11,15H,1-3H2,(H,16,17). The fraction of sp³-hybridized carbons (Fsp3) is 0.417. The second kappa shape index (κ2) is 5.89. The molecule has 2 unspecified atom stereocenters. The first-order valence-electron chi connectivity index (χ1n) is 6.01. The van der Waals surface area contributed by atoms with Crippen LogP contribution >= 0.6 is 23.2 Å². The summed E-state index contributed by atoms with van der Waals surface area (Å²) in [4.78, 5) is 11.0. The molecule has 0 heterocycles. The molecule has 0 saturated heterocycles. The summed E-state index contributed by atoms with van der Waals surface area (Å²) < 4.78 is 26.9. The van der Waals surface area contributed by atoms with Gasteiger partial charge in [-0.2, -0.15) is 0 Å². The molecule has 1 saturated carbocycles. The lowest BCUT2D eigenvalue weighted by Gasteiger charge is -2.17. The first-order valence-corrected chi connectivity index (χ1v) is 8.25. The van der Waals surface area contributed by atoms with Crippen molar-refractivity contribution in [2.24, 2.45) is 5.92 Å². The van der Waals surface area contributed by atoms with E-state index in [0.717, 1.165) is 0 Å². The first-order chi connectivity index (χ1) is 9.31. The average Bonchev–Trinajstić information content (AvgIpc) is 2.80. The quantitative estimate of drug-likeness (QED) is 0.884. The number of nitrogens with one attached hydrogen (secondary N) is 1. The van der Waals surface area contributed by atoms with Crippen molar-refractivity contribution < 1.29 is 18.3 Å². The Morgan fingerprint density at radius 3 is 2.55 bits per heavy atom. The smallest absolute Gasteiger partial charge is 0.308 e. The fourth-order valence-corrected chi connectivity index (χ4v) is 4.01. The monoisotopic (exact) mass is 337 g/mol. The molecular formula is C12H13Cl2NO4S. The van der Waals surface area contributed by atoms with Gasteiger partial charge in [0.15, 0.2) is 0 Å². The van der Waals surface area contributed by atoms with Crippen LogP contribution in [0.15, 0.2) is 23.1 Å². The topological polar surface area (TPSA) is 83.5 Å². The summed E-state index contributed by atoms with van der Waals surface area (Å²) in [5.74, 6) is -1.67. The molecule has 2 rings (SSSR count). The van der Waals surface area contributed by atoms with Crippen molar-refractivity contribution in [2.75, 3.05) is 0 Å². The maximum Gasteiger partial charge on any atom is 0.308 e. The number of rotatable bonds is 4. The van der Waals surface area contributed by atoms with Crippen molar-refractivity contribution in [3.8, 4) is 0 Å². The zero-order valence-electron chi connectivity index (χ0n) is 10.3. The van der Waals surface area contributed by atoms with Crippen molar-refractivity contribution in [1.82, 2.24) is 4.72 Å². The number of carboxylic acid groups (broad SMARTS) is 1. The fourth-order valence-electron chi connectivity index (χ4n) is 2.31. The Bertz CT molecular complexity index is 632. The van der Waals surface area contributed by atoms with Crippen LogP contribution in [-0.2, 0) is 14.8 Å². The molecule has 0 aliphatic heterocycles. The molecule has 1 aromatic carbocycles. The Balaban J connectivity index is 2.22. The molecule has 1 aromatic rings. The minimum absolute atomic E-state index is 0.0251. The number of hydrogen-bond acceptors (Lipinski definition) is 3. The van der Waals surface area contributed by atoms with Crippen LogP contribution in [0.5, 0.6) is 0 Å². The van der Waals surface area contributed by atoms with Gasteiger partial charge in [-0.25, -0.2) is 13.1 Å². The van der Waals surface area contributed by atoms with Crippen LogP contribution in [0.25, 0.3) is 0 Å². The SMILES string of the molecule is O=C(O)C1CCCC1NS(=O)(=O)c1ccc(Cl)c(Cl)c1. The van der Waals surface area contributed by atoms with Gasteiger partial charge in [0.1, 0.15) is 0 Å². The number of hydrogen-bond donors (Lipinski definition) is 2. The molecule has 1 aliphatic carbocycles. The van der Waals surface area contributed by atoms with Crippen LogP contribution in [0, 0.1) is 5.92 Å². The number of sulfonamides is 1. The number of halogens is 2. The van der Waals surface area contributed by atoms with Gasteiger partial charge >= 0.3 is 5.97 Å². The minimum atomic E-state index is -3.81. The molecular weight excluding hydrogens is 325 g/mol. The van der Waals surface area contributed by atoms with E-state index in [4.69, 9.17) is 28.3 Å². The lowest BCUT2D eigenvalue weighted by atomic mass is 10.1. The second-order valence-electron chi connectivity index (χ2n) is 4.68. The van der Waals surface area contributed by atoms with Crippen molar-refractivity contribution in [1.29, 1.82) is 0 Å². The van der Waals surface area contributed by atoms with Crippen LogP contribution in [-0.4, -0.2) is 25.5 Å². The summed E-state index contributed by atoms with van der Waals surface area (Å²) in [6.07, 6.45) is 1.67. The summed E-state index contributed by atoms with van der Waals surface area (Å²) >= 11 is 11.5. The van der Waals surface area contributed by atoms with Gasteiger partial charge < -0.3 is 5.11 Å². The Hall–Kier alpha value is -0.820. The largest absolute Gasteiger partial charge is 0.481 e. The normalized spacial score (nSPS) is 22.9. The predicted octanol–water partition coefficient (Wildman–Crippen LogP) is 2.53. The van der Waals surface area contributed by atoms with Crippen LogP contribution in [0.2, 0.25) is 10.0 Å². The molecule has 0 amide bonds. The van der Waals surface area contributed by atoms with Crippen molar-refractivity contribution in [3.63, 3.8) is 0 Å². The number of carbonyl (C=O) groups is 1. The van der Waals surface area contributed by atoms with Gasteiger partial charge in [0, 0.05) is 6.04 Å². The molecule has 0 bridgehead atoms. The van der Waals surface area contributed by atoms with Gasteiger partial charge in [0.05, 0.1) is 20.9 Å². The molecule has 1 fully saturated rings. The molecule has 0 spiro atoms. The van der Waals surface area contributed by atoms with Crippen molar-refractivity contribution in [3.05, 3.63) is 28.2 Å². The molecule has 2 atom stereocenters. The Kier molecular flexibility index (Phi) is 4.59. The number of benzene rings is 1. The van der Waals surface area contributed by atoms with E-state index in [2.05, 4.69) is 4.72 Å². The van der Waals surface area contributed by atoms with Gasteiger partial charge in [-0.1, -0.05) is 29.6 Å². The predicted molar refractivity (Wildman–Crippen MR) is 75.5 cm³/mol. The van der Waals surface area contributed by atoms with Gasteiger partial charge in [0.25, 0.3) is 0 Å². The van der Waals surface area contributed by atoms with E-state index >= 15 is 0 Å². The zero-order chi connectivity index (χ0) is 14.9. The minimum Gasteiger partial charge on any atom is -0.481 e. The summed E-state index contributed by atoms with van der Waals surface area (Å²) in [5.41, 5.74) is 0. The van der Waals surface area contributed by atoms with Crippen LogP contribution < -0.4 is 4.72 Å². The Labute approximate surface area is 126 Å². The zero-order valence-corrected chi connectivity index (χ0v) is 12.7. The lowest BCUT2D eigenvalue weighted by molar-refractivity contribution is -0.141. The summed E-state index contributed by atoms with van der Waals surface area (Å²) in [6, 6.07) is 3.38. The van der Waals surface area contributed by atoms with Crippen LogP contribution in [0.4, 0.5) is 0 Å². The molecule has 20 heavy (non-hydrogen) atoms. The third-order valence-corrected chi connectivity index (χ3v) is 5.57. The molecule has 0 radical (unpaired) electrons. The molecule has 110 valence electrons. The number of carboxylic acids is 1. The first kappa shape index (κ1) is 15.6. The van der Waals surface area contributed by atoms with Crippen LogP contribution in [0.3, 0.4) is 0 Å². The van der Waals surface area contributed by atoms with E-state index in [1.165, 1.54) is 18.2 Å². The van der Waals surface area contributed by atoms with Gasteiger partial charge in [-0.05, 0) is 31.0 Å². The highest BCUT2D eigenvalue weighted by molar-refractivity contribution is 7.89. The van der Waals surface area contributed by atoms with E-state index in [-0.39, 0.29) is 14.9 Å². The highest BCUT2D eigenvalue weighted by Gasteiger charge is 2.35. The summed E-state index contributed by atoms with van der Waals surface area (Å²) in [6.45, 7) is 0. The lowest BCUT2D eigenvalue weighted by Crippen LogP contribution is -2.40. The average molecular weight is 338 g/mol. The van der Waals surface area contributed by atoms with Gasteiger partial charge in [-0.3, -0.25) is 4.79 Å². The third kappa shape index (κ3) is 3.25. The number of aliphatic carboxylic acids is 1. The van der Waals surface area contributed by atoms with Gasteiger partial charge in [0.2, 0.25) is 10.0 Å². The summed E-state index contributed by atoms with van der Waals surface area (Å²) in [7, 11) is -3.81. The summed E-state index contributed by atoms with van der Waals surface area (Å²) in [5, 5.41) is 9.45. The van der Waals surface area contributed by atoms with E-state index in [1.807, 2.05) is 0 Å². The second-order valence-corrected chi connectivity index (χ2v) is 7.21. The highest BCUT2D eigenvalue weighted by Crippen LogP contribution is 2.29. The third-order valence-electron chi connectivity index (χ3n) is 3.34. The highest BCUT2D eigenvalue weighted by atomic mass is 35.5. The van der Waals surface area contributed by atoms with Crippen molar-refractivity contribution in [2.45, 2.75) is 30.2 Å². The molecule has 5 nitrogen and oxygen atoms in total. The maximum atomic E-state index is 12.2. The van der Waals surface area contributed by atoms with Gasteiger partial charge in [-0.15, -0.1) is 0 Å². The van der Waals surface area contributed by atoms with Crippen LogP contribution in [0.1, 0.15) is 19.3 Å². The van der Waals surface area contributed by atoms with Crippen molar-refractivity contribution >= 4 is 39.2 Å². The molecule has 1 aliphatic rings. The maximum absolute atomic E-state index is 12.2. The Morgan fingerprint density at radius 1 is 1.25 bits per heavy atom. The van der Waals surface area contributed by atoms with E-state index in [0.29, 0.717) is 19.3 Å². The van der Waals surface area contributed by atoms with E-state index < -0.39 is 28.0 Å². The molecule has 2 N–H and O–H groups in total. The molecule has 8 heteroatoms. The Morgan fingerprint density at radius 2 is 1.95 bits per heavy atom. The molecule has 0 aromatic heterocycles.